The Morgan fingerprint density at radius 1 is 1.36 bits per heavy atom. The number of anilines is 1. The molecule has 0 radical (unpaired) electrons. The first-order valence-electron chi connectivity index (χ1n) is 6.97. The molecule has 1 aromatic carbocycles. The van der Waals surface area contributed by atoms with E-state index in [0.717, 1.165) is 0 Å². The minimum atomic E-state index is -1.12. The van der Waals surface area contributed by atoms with E-state index in [4.69, 9.17) is 22.7 Å². The lowest BCUT2D eigenvalue weighted by Gasteiger charge is -2.54. The number of nitrogens with one attached hydrogen (secondary N) is 4. The molecule has 122 valence electrons. The number of benzene rings is 1. The van der Waals surface area contributed by atoms with Gasteiger partial charge in [0.2, 0.25) is 5.85 Å². The van der Waals surface area contributed by atoms with E-state index in [1.165, 1.54) is 12.1 Å². The third-order valence-electron chi connectivity index (χ3n) is 4.05. The van der Waals surface area contributed by atoms with Gasteiger partial charge in [-0.15, -0.1) is 0 Å². The molecule has 0 aromatic heterocycles. The van der Waals surface area contributed by atoms with Gasteiger partial charge in [-0.1, -0.05) is 12.2 Å². The van der Waals surface area contributed by atoms with E-state index in [2.05, 4.69) is 21.3 Å². The maximum atomic E-state index is 14.6. The fraction of sp³-hybridized carbons (Fsp3) is 0.500. The Kier molecular flexibility index (Phi) is 5.10. The van der Waals surface area contributed by atoms with Gasteiger partial charge >= 0.3 is 0 Å². The van der Waals surface area contributed by atoms with Gasteiger partial charge in [0.15, 0.2) is 5.66 Å². The first kappa shape index (κ1) is 17.2. The number of hydrogen-bond acceptors (Lipinski definition) is 7. The molecule has 0 aliphatic carbocycles. The standard InChI is InChI=1S/C14H22FN5OS/c1-17-13(11-6-9(16)4-5-12(11)15)14(18-2,19-3)21-7-10(8-22)20-13/h4-6,8,10,17-20H,7,16H2,1-3H3. The van der Waals surface area contributed by atoms with Crippen molar-refractivity contribution in [3.05, 3.63) is 29.6 Å². The molecule has 2 unspecified atom stereocenters. The number of morpholine rings is 1. The number of ether oxygens (including phenoxy) is 1. The number of hydrogen-bond donors (Lipinski definition) is 5. The van der Waals surface area contributed by atoms with Crippen molar-refractivity contribution in [3.8, 4) is 0 Å². The van der Waals surface area contributed by atoms with E-state index in [1.807, 2.05) is 0 Å². The van der Waals surface area contributed by atoms with Crippen LogP contribution in [0.1, 0.15) is 5.56 Å². The molecule has 0 amide bonds. The number of likely N-dealkylation sites (N-methyl/N-ethyl adjacent to an activating group) is 3. The lowest BCUT2D eigenvalue weighted by Crippen LogP contribution is -2.82. The Hall–Kier alpha value is -1.16. The highest BCUT2D eigenvalue weighted by Crippen LogP contribution is 2.35. The number of thiocarbonyl (C=S) groups is 1. The van der Waals surface area contributed by atoms with Gasteiger partial charge in [-0.25, -0.2) is 4.39 Å². The van der Waals surface area contributed by atoms with Crippen LogP contribution in [0.4, 0.5) is 10.1 Å². The summed E-state index contributed by atoms with van der Waals surface area (Å²) in [6, 6.07) is 4.21. The number of rotatable bonds is 5. The van der Waals surface area contributed by atoms with Crippen LogP contribution in [0.15, 0.2) is 18.2 Å². The second-order valence-electron chi connectivity index (χ2n) is 5.12. The van der Waals surface area contributed by atoms with Gasteiger partial charge in [-0.05, 0) is 44.7 Å². The van der Waals surface area contributed by atoms with E-state index >= 15 is 0 Å². The van der Waals surface area contributed by atoms with Crippen LogP contribution in [0.25, 0.3) is 0 Å². The normalized spacial score (nSPS) is 27.5. The Balaban J connectivity index is 2.67. The highest BCUT2D eigenvalue weighted by atomic mass is 32.1. The molecule has 1 aliphatic rings. The largest absolute Gasteiger partial charge is 0.399 e. The maximum Gasteiger partial charge on any atom is 0.211 e. The van der Waals surface area contributed by atoms with Gasteiger partial charge in [-0.2, -0.15) is 0 Å². The van der Waals surface area contributed by atoms with E-state index in [0.29, 0.717) is 17.9 Å². The van der Waals surface area contributed by atoms with Crippen molar-refractivity contribution >= 4 is 23.3 Å². The van der Waals surface area contributed by atoms with E-state index in [-0.39, 0.29) is 6.04 Å². The predicted molar refractivity (Wildman–Crippen MR) is 88.9 cm³/mol. The van der Waals surface area contributed by atoms with Crippen molar-refractivity contribution < 1.29 is 9.13 Å². The van der Waals surface area contributed by atoms with Gasteiger partial charge < -0.3 is 10.5 Å². The van der Waals surface area contributed by atoms with Crippen LogP contribution in [0.5, 0.6) is 0 Å². The summed E-state index contributed by atoms with van der Waals surface area (Å²) >= 11 is 5.02. The quantitative estimate of drug-likeness (QED) is 0.292. The topological polar surface area (TPSA) is 83.4 Å². The summed E-state index contributed by atoms with van der Waals surface area (Å²) in [5.74, 6) is -1.50. The molecule has 0 spiro atoms. The Morgan fingerprint density at radius 3 is 2.59 bits per heavy atom. The summed E-state index contributed by atoms with van der Waals surface area (Å²) < 4.78 is 20.5. The third-order valence-corrected chi connectivity index (χ3v) is 4.38. The maximum absolute atomic E-state index is 14.6. The van der Waals surface area contributed by atoms with Crippen molar-refractivity contribution in [2.24, 2.45) is 0 Å². The monoisotopic (exact) mass is 327 g/mol. The molecule has 6 nitrogen and oxygen atoms in total. The van der Waals surface area contributed by atoms with Crippen molar-refractivity contribution in [2.75, 3.05) is 33.5 Å². The molecule has 0 saturated carbocycles. The summed E-state index contributed by atoms with van der Waals surface area (Å²) in [6.45, 7) is 0.346. The average Bonchev–Trinajstić information content (AvgIpc) is 2.56. The van der Waals surface area contributed by atoms with Crippen LogP contribution >= 0.6 is 12.2 Å². The zero-order valence-electron chi connectivity index (χ0n) is 12.9. The first-order chi connectivity index (χ1) is 10.5. The number of halogens is 1. The van der Waals surface area contributed by atoms with Crippen molar-refractivity contribution in [1.29, 1.82) is 0 Å². The second kappa shape index (κ2) is 6.53. The molecule has 8 heteroatoms. The van der Waals surface area contributed by atoms with E-state index < -0.39 is 17.3 Å². The molecule has 1 heterocycles. The fourth-order valence-corrected chi connectivity index (χ4v) is 3.09. The molecule has 1 aromatic rings. The minimum Gasteiger partial charge on any atom is -0.399 e. The van der Waals surface area contributed by atoms with Gasteiger partial charge in [0.25, 0.3) is 0 Å². The van der Waals surface area contributed by atoms with Crippen molar-refractivity contribution in [1.82, 2.24) is 21.3 Å². The lowest BCUT2D eigenvalue weighted by molar-refractivity contribution is -0.194. The van der Waals surface area contributed by atoms with Gasteiger partial charge in [0.05, 0.1) is 12.6 Å². The van der Waals surface area contributed by atoms with Gasteiger partial charge in [-0.3, -0.25) is 21.3 Å². The Morgan fingerprint density at radius 2 is 2.05 bits per heavy atom. The molecule has 2 rings (SSSR count). The summed E-state index contributed by atoms with van der Waals surface area (Å²) in [5.41, 5.74) is 5.53. The summed E-state index contributed by atoms with van der Waals surface area (Å²) in [4.78, 5) is 0. The van der Waals surface area contributed by atoms with Crippen molar-refractivity contribution in [3.63, 3.8) is 0 Å². The molecular weight excluding hydrogens is 305 g/mol. The first-order valence-corrected chi connectivity index (χ1v) is 7.45. The highest BCUT2D eigenvalue weighted by Gasteiger charge is 2.56. The van der Waals surface area contributed by atoms with E-state index in [1.54, 1.807) is 32.6 Å². The number of nitrogen functional groups attached to an aromatic ring is 1. The van der Waals surface area contributed by atoms with Crippen molar-refractivity contribution in [2.45, 2.75) is 17.6 Å². The molecular formula is C14H22FN5OS. The molecule has 1 aliphatic heterocycles. The Labute approximate surface area is 135 Å². The minimum absolute atomic E-state index is 0.224. The van der Waals surface area contributed by atoms with Crippen LogP contribution in [-0.4, -0.2) is 45.0 Å². The molecule has 6 N–H and O–H groups in total. The summed E-state index contributed by atoms with van der Waals surface area (Å²) in [6.07, 6.45) is 0. The van der Waals surface area contributed by atoms with Crippen LogP contribution in [0, 0.1) is 5.82 Å². The molecule has 1 fully saturated rings. The van der Waals surface area contributed by atoms with Gasteiger partial charge in [0.1, 0.15) is 5.82 Å². The summed E-state index contributed by atoms with van der Waals surface area (Å²) in [5, 5.41) is 14.2. The zero-order valence-corrected chi connectivity index (χ0v) is 13.7. The predicted octanol–water partition coefficient (Wildman–Crippen LogP) is -0.139. The van der Waals surface area contributed by atoms with Crippen LogP contribution in [0.2, 0.25) is 0 Å². The fourth-order valence-electron chi connectivity index (χ4n) is 2.94. The SMILES string of the molecule is CNC1(NC)OCC(C=S)NC1(NC)c1cc(N)ccc1F. The molecule has 22 heavy (non-hydrogen) atoms. The molecule has 0 bridgehead atoms. The van der Waals surface area contributed by atoms with Crippen LogP contribution in [0.3, 0.4) is 0 Å². The highest BCUT2D eigenvalue weighted by molar-refractivity contribution is 7.79. The van der Waals surface area contributed by atoms with E-state index in [9.17, 15) is 4.39 Å². The van der Waals surface area contributed by atoms with Crippen LogP contribution in [-0.2, 0) is 10.4 Å². The summed E-state index contributed by atoms with van der Waals surface area (Å²) in [7, 11) is 5.17. The number of nitrogens with two attached hydrogens (primary N) is 1. The molecule has 1 saturated heterocycles. The smallest absolute Gasteiger partial charge is 0.211 e. The molecule has 2 atom stereocenters. The third kappa shape index (κ3) is 2.51. The lowest BCUT2D eigenvalue weighted by atomic mass is 9.89. The average molecular weight is 327 g/mol. The van der Waals surface area contributed by atoms with Crippen LogP contribution < -0.4 is 27.0 Å². The van der Waals surface area contributed by atoms with Gasteiger partial charge in [0, 0.05) is 11.3 Å². The Bertz CT molecular complexity index is 554. The zero-order chi connectivity index (χ0) is 16.4. The second-order valence-corrected chi connectivity index (χ2v) is 5.39.